The normalized spacial score (nSPS) is 12.9. The van der Waals surface area contributed by atoms with Gasteiger partial charge in [-0.15, -0.1) is 0 Å². The average Bonchev–Trinajstić information content (AvgIpc) is 3.05. The lowest BCUT2D eigenvalue weighted by molar-refractivity contribution is 0.348. The highest BCUT2D eigenvalue weighted by atomic mass is 16.5. The van der Waals surface area contributed by atoms with Gasteiger partial charge in [0.1, 0.15) is 11.8 Å². The Labute approximate surface area is 110 Å². The molecule has 0 spiro atoms. The summed E-state index contributed by atoms with van der Waals surface area (Å²) in [7, 11) is 0. The van der Waals surface area contributed by atoms with Crippen molar-refractivity contribution in [3.63, 3.8) is 0 Å². The third kappa shape index (κ3) is 2.13. The minimum absolute atomic E-state index is 0.204. The molecule has 0 aliphatic carbocycles. The number of hydrogen-bond acceptors (Lipinski definition) is 5. The van der Waals surface area contributed by atoms with E-state index >= 15 is 0 Å². The van der Waals surface area contributed by atoms with Crippen molar-refractivity contribution in [2.24, 2.45) is 5.73 Å². The zero-order valence-electron chi connectivity index (χ0n) is 10.7. The lowest BCUT2D eigenvalue weighted by Crippen LogP contribution is -2.09. The first-order valence-electron chi connectivity index (χ1n) is 6.35. The topological polar surface area (TPSA) is 78.1 Å². The summed E-state index contributed by atoms with van der Waals surface area (Å²) in [6.07, 6.45) is 3.45. The van der Waals surface area contributed by atoms with E-state index < -0.39 is 0 Å². The van der Waals surface area contributed by atoms with Gasteiger partial charge in [0.25, 0.3) is 0 Å². The summed E-state index contributed by atoms with van der Waals surface area (Å²) >= 11 is 0. The standard InChI is InChI=1S/C14H15N3O2/c1-2-5-11(15)14-16-13(17-19-14)10-8-18-12-7-4-3-6-9(10)12/h3-4,6-8,11H,2,5,15H2,1H3/t11-/m0/s1. The van der Waals surface area contributed by atoms with E-state index in [1.807, 2.05) is 24.3 Å². The third-order valence-electron chi connectivity index (χ3n) is 3.08. The van der Waals surface area contributed by atoms with Crippen molar-refractivity contribution in [2.45, 2.75) is 25.8 Å². The van der Waals surface area contributed by atoms with E-state index in [0.717, 1.165) is 29.4 Å². The number of aromatic nitrogens is 2. The van der Waals surface area contributed by atoms with Gasteiger partial charge in [-0.2, -0.15) is 4.98 Å². The van der Waals surface area contributed by atoms with Crippen LogP contribution in [0.3, 0.4) is 0 Å². The summed E-state index contributed by atoms with van der Waals surface area (Å²) in [5.74, 6) is 0.994. The molecule has 2 N–H and O–H groups in total. The van der Waals surface area contributed by atoms with E-state index in [1.165, 1.54) is 0 Å². The third-order valence-corrected chi connectivity index (χ3v) is 3.08. The van der Waals surface area contributed by atoms with Crippen molar-refractivity contribution in [1.29, 1.82) is 0 Å². The molecule has 2 aromatic heterocycles. The second-order valence-electron chi connectivity index (χ2n) is 4.50. The summed E-state index contributed by atoms with van der Waals surface area (Å²) < 4.78 is 10.7. The molecule has 5 nitrogen and oxygen atoms in total. The van der Waals surface area contributed by atoms with Gasteiger partial charge in [0.2, 0.25) is 11.7 Å². The SMILES string of the molecule is CCC[C@H](N)c1nc(-c2coc3ccccc23)no1. The van der Waals surface area contributed by atoms with Crippen molar-refractivity contribution in [3.05, 3.63) is 36.4 Å². The van der Waals surface area contributed by atoms with Crippen molar-refractivity contribution in [1.82, 2.24) is 10.1 Å². The van der Waals surface area contributed by atoms with E-state index in [0.29, 0.717) is 11.7 Å². The van der Waals surface area contributed by atoms with E-state index in [1.54, 1.807) is 6.26 Å². The number of nitrogens with two attached hydrogens (primary N) is 1. The Balaban J connectivity index is 1.98. The Morgan fingerprint density at radius 3 is 3.00 bits per heavy atom. The number of hydrogen-bond donors (Lipinski definition) is 1. The van der Waals surface area contributed by atoms with Crippen molar-refractivity contribution in [3.8, 4) is 11.4 Å². The van der Waals surface area contributed by atoms with Crippen LogP contribution < -0.4 is 5.73 Å². The molecule has 3 rings (SSSR count). The number of rotatable bonds is 4. The van der Waals surface area contributed by atoms with E-state index in [-0.39, 0.29) is 6.04 Å². The first-order valence-corrected chi connectivity index (χ1v) is 6.35. The Morgan fingerprint density at radius 1 is 1.32 bits per heavy atom. The van der Waals surface area contributed by atoms with Gasteiger partial charge in [-0.25, -0.2) is 0 Å². The minimum Gasteiger partial charge on any atom is -0.464 e. The molecule has 0 aliphatic heterocycles. The molecule has 0 radical (unpaired) electrons. The maximum absolute atomic E-state index is 5.97. The van der Waals surface area contributed by atoms with Gasteiger partial charge in [-0.1, -0.05) is 36.7 Å². The van der Waals surface area contributed by atoms with Crippen LogP contribution in [0.1, 0.15) is 31.7 Å². The van der Waals surface area contributed by atoms with Gasteiger partial charge in [-0.3, -0.25) is 0 Å². The van der Waals surface area contributed by atoms with Gasteiger partial charge in [0.05, 0.1) is 11.6 Å². The Kier molecular flexibility index (Phi) is 3.05. The lowest BCUT2D eigenvalue weighted by Gasteiger charge is -2.01. The van der Waals surface area contributed by atoms with E-state index in [2.05, 4.69) is 17.1 Å². The number of benzene rings is 1. The molecular weight excluding hydrogens is 242 g/mol. The van der Waals surface area contributed by atoms with E-state index in [9.17, 15) is 0 Å². The summed E-state index contributed by atoms with van der Waals surface area (Å²) in [6.45, 7) is 2.07. The van der Waals surface area contributed by atoms with Gasteiger partial charge in [0.15, 0.2) is 0 Å². The quantitative estimate of drug-likeness (QED) is 0.776. The fourth-order valence-electron chi connectivity index (χ4n) is 2.08. The van der Waals surface area contributed by atoms with Crippen molar-refractivity contribution < 1.29 is 8.94 Å². The predicted molar refractivity (Wildman–Crippen MR) is 71.3 cm³/mol. The van der Waals surface area contributed by atoms with Crippen molar-refractivity contribution in [2.75, 3.05) is 0 Å². The zero-order chi connectivity index (χ0) is 13.2. The number of nitrogens with zero attached hydrogens (tertiary/aromatic N) is 2. The maximum Gasteiger partial charge on any atom is 0.243 e. The first-order chi connectivity index (χ1) is 9.29. The molecule has 19 heavy (non-hydrogen) atoms. The fourth-order valence-corrected chi connectivity index (χ4v) is 2.08. The molecule has 98 valence electrons. The smallest absolute Gasteiger partial charge is 0.243 e. The molecule has 2 heterocycles. The van der Waals surface area contributed by atoms with E-state index in [4.69, 9.17) is 14.7 Å². The predicted octanol–water partition coefficient (Wildman–Crippen LogP) is 3.28. The van der Waals surface area contributed by atoms with Gasteiger partial charge >= 0.3 is 0 Å². The molecule has 0 fully saturated rings. The van der Waals surface area contributed by atoms with Gasteiger partial charge < -0.3 is 14.7 Å². The Hall–Kier alpha value is -2.14. The summed E-state index contributed by atoms with van der Waals surface area (Å²) in [5, 5.41) is 4.96. The van der Waals surface area contributed by atoms with Crippen LogP contribution in [0.4, 0.5) is 0 Å². The van der Waals surface area contributed by atoms with Crippen LogP contribution in [-0.2, 0) is 0 Å². The molecule has 1 atom stereocenters. The minimum atomic E-state index is -0.204. The summed E-state index contributed by atoms with van der Waals surface area (Å²) in [4.78, 5) is 4.36. The Bertz CT molecular complexity index is 687. The van der Waals surface area contributed by atoms with Crippen molar-refractivity contribution >= 4 is 11.0 Å². The number of furan rings is 1. The molecule has 0 unspecified atom stereocenters. The second kappa shape index (κ2) is 4.85. The highest BCUT2D eigenvalue weighted by Gasteiger charge is 2.17. The molecule has 3 aromatic rings. The van der Waals surface area contributed by atoms with Crippen LogP contribution in [0.2, 0.25) is 0 Å². The van der Waals surface area contributed by atoms with Crippen LogP contribution in [0.25, 0.3) is 22.4 Å². The maximum atomic E-state index is 5.97. The molecule has 1 aromatic carbocycles. The average molecular weight is 257 g/mol. The molecule has 0 bridgehead atoms. The van der Waals surface area contributed by atoms with Crippen LogP contribution in [-0.4, -0.2) is 10.1 Å². The number of fused-ring (bicyclic) bond motifs is 1. The summed E-state index contributed by atoms with van der Waals surface area (Å²) in [6, 6.07) is 7.54. The van der Waals surface area contributed by atoms with Crippen LogP contribution >= 0.6 is 0 Å². The molecular formula is C14H15N3O2. The van der Waals surface area contributed by atoms with Crippen LogP contribution in [0.15, 0.2) is 39.5 Å². The molecule has 0 aliphatic rings. The molecule has 0 amide bonds. The van der Waals surface area contributed by atoms with Gasteiger partial charge in [0, 0.05) is 5.39 Å². The van der Waals surface area contributed by atoms with Crippen LogP contribution in [0.5, 0.6) is 0 Å². The highest BCUT2D eigenvalue weighted by Crippen LogP contribution is 2.29. The largest absolute Gasteiger partial charge is 0.464 e. The first kappa shape index (κ1) is 11.9. The molecule has 0 saturated heterocycles. The second-order valence-corrected chi connectivity index (χ2v) is 4.50. The highest BCUT2D eigenvalue weighted by molar-refractivity contribution is 5.91. The lowest BCUT2D eigenvalue weighted by atomic mass is 10.1. The monoisotopic (exact) mass is 257 g/mol. The van der Waals surface area contributed by atoms with Crippen LogP contribution in [0, 0.1) is 0 Å². The fraction of sp³-hybridized carbons (Fsp3) is 0.286. The molecule has 5 heteroatoms. The zero-order valence-corrected chi connectivity index (χ0v) is 10.7. The van der Waals surface area contributed by atoms with Gasteiger partial charge in [-0.05, 0) is 12.5 Å². The summed E-state index contributed by atoms with van der Waals surface area (Å²) in [5.41, 5.74) is 7.60. The Morgan fingerprint density at radius 2 is 2.16 bits per heavy atom. The number of para-hydroxylation sites is 1. The molecule has 0 saturated carbocycles.